The number of benzene rings is 1. The number of carbonyl (C=O) groups is 1. The monoisotopic (exact) mass is 384 g/mol. The van der Waals surface area contributed by atoms with E-state index in [1.165, 1.54) is 40.3 Å². The van der Waals surface area contributed by atoms with Crippen molar-refractivity contribution in [1.29, 1.82) is 0 Å². The summed E-state index contributed by atoms with van der Waals surface area (Å²) in [6.07, 6.45) is 3.86. The van der Waals surface area contributed by atoms with Gasteiger partial charge in [0.05, 0.1) is 38.9 Å². The maximum absolute atomic E-state index is 12.3. The third-order valence-corrected chi connectivity index (χ3v) is 5.17. The van der Waals surface area contributed by atoms with E-state index >= 15 is 0 Å². The fourth-order valence-electron chi connectivity index (χ4n) is 3.65. The van der Waals surface area contributed by atoms with Crippen LogP contribution in [0, 0.1) is 10.1 Å². The predicted octanol–water partition coefficient (Wildman–Crippen LogP) is 1.06. The molecule has 2 aromatic rings. The van der Waals surface area contributed by atoms with Gasteiger partial charge in [0, 0.05) is 18.1 Å². The fraction of sp³-hybridized carbons (Fsp3) is 0.350. The minimum Gasteiger partial charge on any atom is -0.493 e. The van der Waals surface area contributed by atoms with E-state index in [2.05, 4.69) is 18.2 Å². The van der Waals surface area contributed by atoms with Crippen molar-refractivity contribution in [3.8, 4) is 5.75 Å². The SMILES string of the molecule is O=C(/C=C/c1ccc([N+](=O)[O-])o1)N1CC[NH+](Cc2ccc3c(c2)CCO3)CC1. The van der Waals surface area contributed by atoms with Gasteiger partial charge in [-0.15, -0.1) is 0 Å². The Kier molecular flexibility index (Phi) is 5.12. The van der Waals surface area contributed by atoms with Gasteiger partial charge in [-0.05, 0) is 35.9 Å². The van der Waals surface area contributed by atoms with Crippen molar-refractivity contribution in [2.75, 3.05) is 32.8 Å². The van der Waals surface area contributed by atoms with Crippen LogP contribution >= 0.6 is 0 Å². The lowest BCUT2D eigenvalue weighted by Gasteiger charge is -2.31. The molecule has 1 amide bonds. The average Bonchev–Trinajstić information content (AvgIpc) is 3.36. The molecule has 3 heterocycles. The van der Waals surface area contributed by atoms with E-state index in [9.17, 15) is 14.9 Å². The first-order valence-corrected chi connectivity index (χ1v) is 9.38. The Hall–Kier alpha value is -3.13. The minimum atomic E-state index is -0.602. The maximum Gasteiger partial charge on any atom is 0.433 e. The second kappa shape index (κ2) is 7.85. The van der Waals surface area contributed by atoms with Crippen LogP contribution in [0.3, 0.4) is 0 Å². The third-order valence-electron chi connectivity index (χ3n) is 5.17. The Balaban J connectivity index is 1.28. The molecule has 0 aliphatic carbocycles. The topological polar surface area (TPSA) is 90.3 Å². The van der Waals surface area contributed by atoms with Crippen molar-refractivity contribution in [2.24, 2.45) is 0 Å². The number of amides is 1. The van der Waals surface area contributed by atoms with Gasteiger partial charge in [0.1, 0.15) is 23.0 Å². The molecule has 0 atom stereocenters. The first-order valence-electron chi connectivity index (χ1n) is 9.38. The van der Waals surface area contributed by atoms with Gasteiger partial charge in [-0.1, -0.05) is 0 Å². The van der Waals surface area contributed by atoms with Gasteiger partial charge < -0.3 is 19.0 Å². The van der Waals surface area contributed by atoms with Crippen LogP contribution in [0.4, 0.5) is 5.88 Å². The summed E-state index contributed by atoms with van der Waals surface area (Å²) in [4.78, 5) is 25.6. The third kappa shape index (κ3) is 4.07. The number of piperazine rings is 1. The van der Waals surface area contributed by atoms with E-state index in [4.69, 9.17) is 9.15 Å². The highest BCUT2D eigenvalue weighted by molar-refractivity contribution is 5.91. The van der Waals surface area contributed by atoms with Crippen LogP contribution in [0.1, 0.15) is 16.9 Å². The fourth-order valence-corrected chi connectivity index (χ4v) is 3.65. The Morgan fingerprint density at radius 1 is 1.25 bits per heavy atom. The van der Waals surface area contributed by atoms with Gasteiger partial charge in [0.15, 0.2) is 0 Å². The molecule has 0 radical (unpaired) electrons. The number of ether oxygens (including phenoxy) is 1. The van der Waals surface area contributed by atoms with Crippen molar-refractivity contribution in [3.05, 3.63) is 63.4 Å². The standard InChI is InChI=1S/C20H21N3O5/c24-19(5-2-17-3-6-20(28-17)23(25)26)22-10-8-21(9-11-22)14-15-1-4-18-16(13-15)7-12-27-18/h1-6,13H,7-12,14H2/p+1/b5-2+. The molecular weight excluding hydrogens is 362 g/mol. The molecule has 28 heavy (non-hydrogen) atoms. The summed E-state index contributed by atoms with van der Waals surface area (Å²) in [6.45, 7) is 4.86. The van der Waals surface area contributed by atoms with Gasteiger partial charge in [0.25, 0.3) is 0 Å². The number of nitrogens with one attached hydrogen (secondary N) is 1. The summed E-state index contributed by atoms with van der Waals surface area (Å²) in [7, 11) is 0. The second-order valence-corrected chi connectivity index (χ2v) is 7.06. The number of rotatable bonds is 5. The quantitative estimate of drug-likeness (QED) is 0.473. The molecule has 0 unspecified atom stereocenters. The number of fused-ring (bicyclic) bond motifs is 1. The van der Waals surface area contributed by atoms with Crippen molar-refractivity contribution in [3.63, 3.8) is 0 Å². The van der Waals surface area contributed by atoms with Gasteiger partial charge in [-0.3, -0.25) is 14.9 Å². The second-order valence-electron chi connectivity index (χ2n) is 7.06. The molecule has 1 aromatic carbocycles. The molecule has 8 nitrogen and oxygen atoms in total. The summed E-state index contributed by atoms with van der Waals surface area (Å²) in [5.74, 6) is 0.864. The molecule has 4 rings (SSSR count). The average molecular weight is 384 g/mol. The first kappa shape index (κ1) is 18.2. The highest BCUT2D eigenvalue weighted by atomic mass is 16.6. The van der Waals surface area contributed by atoms with E-state index in [0.29, 0.717) is 18.8 Å². The normalized spacial score (nSPS) is 16.9. The summed E-state index contributed by atoms with van der Waals surface area (Å²) in [5.41, 5.74) is 2.59. The molecule has 146 valence electrons. The molecule has 2 aliphatic rings. The lowest BCUT2D eigenvalue weighted by Crippen LogP contribution is -3.13. The van der Waals surface area contributed by atoms with Crippen LogP contribution < -0.4 is 9.64 Å². The van der Waals surface area contributed by atoms with Gasteiger partial charge in [-0.2, -0.15) is 0 Å². The number of hydrogen-bond acceptors (Lipinski definition) is 5. The zero-order valence-corrected chi connectivity index (χ0v) is 15.4. The molecule has 0 bridgehead atoms. The number of quaternary nitrogens is 1. The van der Waals surface area contributed by atoms with Crippen LogP contribution in [0.5, 0.6) is 5.75 Å². The molecule has 0 spiro atoms. The van der Waals surface area contributed by atoms with E-state index in [1.807, 2.05) is 0 Å². The molecule has 8 heteroatoms. The number of furan rings is 1. The molecule has 1 N–H and O–H groups in total. The van der Waals surface area contributed by atoms with Gasteiger partial charge in [-0.25, -0.2) is 0 Å². The van der Waals surface area contributed by atoms with E-state index in [-0.39, 0.29) is 11.8 Å². The number of nitrogens with zero attached hydrogens (tertiary/aromatic N) is 2. The van der Waals surface area contributed by atoms with Crippen LogP contribution in [-0.2, 0) is 17.8 Å². The number of nitro groups is 1. The van der Waals surface area contributed by atoms with Crippen LogP contribution in [0.15, 0.2) is 40.8 Å². The van der Waals surface area contributed by atoms with Crippen molar-refractivity contribution >= 4 is 17.9 Å². The number of carbonyl (C=O) groups excluding carboxylic acids is 1. The Bertz CT molecular complexity index is 912. The zero-order chi connectivity index (χ0) is 19.5. The largest absolute Gasteiger partial charge is 0.493 e. The Morgan fingerprint density at radius 2 is 2.07 bits per heavy atom. The zero-order valence-electron chi connectivity index (χ0n) is 15.4. The number of hydrogen-bond donors (Lipinski definition) is 1. The van der Waals surface area contributed by atoms with Crippen LogP contribution in [0.2, 0.25) is 0 Å². The van der Waals surface area contributed by atoms with E-state index < -0.39 is 4.92 Å². The summed E-state index contributed by atoms with van der Waals surface area (Å²) in [6, 6.07) is 9.17. The highest BCUT2D eigenvalue weighted by Gasteiger charge is 2.23. The molecule has 0 saturated carbocycles. The molecule has 2 aliphatic heterocycles. The lowest BCUT2D eigenvalue weighted by atomic mass is 10.1. The van der Waals surface area contributed by atoms with Gasteiger partial charge >= 0.3 is 5.88 Å². The van der Waals surface area contributed by atoms with Crippen molar-refractivity contribution < 1.29 is 23.8 Å². The molecule has 1 saturated heterocycles. The highest BCUT2D eigenvalue weighted by Crippen LogP contribution is 2.25. The summed E-state index contributed by atoms with van der Waals surface area (Å²) < 4.78 is 10.6. The summed E-state index contributed by atoms with van der Waals surface area (Å²) >= 11 is 0. The summed E-state index contributed by atoms with van der Waals surface area (Å²) in [5, 5.41) is 10.6. The van der Waals surface area contributed by atoms with Crippen molar-refractivity contribution in [1.82, 2.24) is 4.90 Å². The first-order chi connectivity index (χ1) is 13.6. The van der Waals surface area contributed by atoms with E-state index in [0.717, 1.165) is 38.4 Å². The Labute approximate surface area is 162 Å². The molecule has 1 aromatic heterocycles. The maximum atomic E-state index is 12.3. The lowest BCUT2D eigenvalue weighted by molar-refractivity contribution is -0.917. The smallest absolute Gasteiger partial charge is 0.433 e. The van der Waals surface area contributed by atoms with Gasteiger partial charge in [0.2, 0.25) is 5.91 Å². The Morgan fingerprint density at radius 3 is 2.82 bits per heavy atom. The van der Waals surface area contributed by atoms with Crippen LogP contribution in [0.25, 0.3) is 6.08 Å². The minimum absolute atomic E-state index is 0.104. The molecular formula is C20H22N3O5+. The predicted molar refractivity (Wildman–Crippen MR) is 101 cm³/mol. The van der Waals surface area contributed by atoms with Crippen molar-refractivity contribution in [2.45, 2.75) is 13.0 Å². The van der Waals surface area contributed by atoms with E-state index in [1.54, 1.807) is 4.90 Å². The molecule has 1 fully saturated rings. The van der Waals surface area contributed by atoms with Crippen LogP contribution in [-0.4, -0.2) is 48.5 Å².